The summed E-state index contributed by atoms with van der Waals surface area (Å²) >= 11 is 0. The summed E-state index contributed by atoms with van der Waals surface area (Å²) in [6.45, 7) is -0.119. The van der Waals surface area contributed by atoms with Gasteiger partial charge in [-0.25, -0.2) is 0 Å². The summed E-state index contributed by atoms with van der Waals surface area (Å²) in [4.78, 5) is 23.7. The van der Waals surface area contributed by atoms with Gasteiger partial charge in [0.05, 0.1) is 7.11 Å². The quantitative estimate of drug-likeness (QED) is 0.812. The van der Waals surface area contributed by atoms with Gasteiger partial charge in [-0.3, -0.25) is 9.59 Å². The predicted octanol–water partition coefficient (Wildman–Crippen LogP) is 3.06. The Morgan fingerprint density at radius 1 is 1.00 bits per heavy atom. The van der Waals surface area contributed by atoms with E-state index in [0.717, 1.165) is 18.6 Å². The molecule has 0 spiro atoms. The molecule has 1 saturated carbocycles. The molecule has 0 unspecified atom stereocenters. The third-order valence-corrected chi connectivity index (χ3v) is 3.79. The molecule has 6 heteroatoms. The standard InChI is InChI=1S/C19H20N2O4/c1-24-16-9-7-14(8-10-16)20-18(22)12-25-17-4-2-3-15(11-17)21-19(23)13-5-6-13/h2-4,7-11,13H,5-6,12H2,1H3,(H,20,22)(H,21,23). The second-order valence-electron chi connectivity index (χ2n) is 5.86. The van der Waals surface area contributed by atoms with Crippen LogP contribution in [0.4, 0.5) is 11.4 Å². The largest absolute Gasteiger partial charge is 0.497 e. The molecule has 0 radical (unpaired) electrons. The first-order chi connectivity index (χ1) is 12.1. The van der Waals surface area contributed by atoms with Crippen LogP contribution in [0.15, 0.2) is 48.5 Å². The van der Waals surface area contributed by atoms with E-state index < -0.39 is 0 Å². The van der Waals surface area contributed by atoms with Crippen molar-refractivity contribution in [3.8, 4) is 11.5 Å². The molecule has 0 aliphatic heterocycles. The molecule has 0 bridgehead atoms. The summed E-state index contributed by atoms with van der Waals surface area (Å²) in [6, 6.07) is 14.1. The molecule has 2 aromatic rings. The molecule has 2 aromatic carbocycles. The number of amides is 2. The van der Waals surface area contributed by atoms with Crippen molar-refractivity contribution in [2.45, 2.75) is 12.8 Å². The number of benzene rings is 2. The molecule has 0 saturated heterocycles. The Hall–Kier alpha value is -3.02. The van der Waals surface area contributed by atoms with Crippen LogP contribution in [0.5, 0.6) is 11.5 Å². The van der Waals surface area contributed by atoms with Gasteiger partial charge >= 0.3 is 0 Å². The number of nitrogens with one attached hydrogen (secondary N) is 2. The lowest BCUT2D eigenvalue weighted by atomic mass is 10.3. The van der Waals surface area contributed by atoms with Gasteiger partial charge in [-0.2, -0.15) is 0 Å². The molecule has 1 aliphatic rings. The molecule has 6 nitrogen and oxygen atoms in total. The monoisotopic (exact) mass is 340 g/mol. The van der Waals surface area contributed by atoms with Crippen LogP contribution in [-0.4, -0.2) is 25.5 Å². The number of carbonyl (C=O) groups is 2. The SMILES string of the molecule is COc1ccc(NC(=O)COc2cccc(NC(=O)C3CC3)c2)cc1. The van der Waals surface area contributed by atoms with E-state index >= 15 is 0 Å². The molecular formula is C19H20N2O4. The minimum absolute atomic E-state index is 0.0365. The number of ether oxygens (including phenoxy) is 2. The fraction of sp³-hybridized carbons (Fsp3) is 0.263. The van der Waals surface area contributed by atoms with Gasteiger partial charge in [-0.1, -0.05) is 6.07 Å². The highest BCUT2D eigenvalue weighted by Crippen LogP contribution is 2.30. The van der Waals surface area contributed by atoms with Crippen molar-refractivity contribution in [3.63, 3.8) is 0 Å². The van der Waals surface area contributed by atoms with Crippen molar-refractivity contribution in [2.75, 3.05) is 24.4 Å². The molecule has 130 valence electrons. The number of anilines is 2. The zero-order chi connectivity index (χ0) is 17.6. The maximum atomic E-state index is 12.0. The summed E-state index contributed by atoms with van der Waals surface area (Å²) in [5.41, 5.74) is 1.34. The van der Waals surface area contributed by atoms with Gasteiger partial charge in [0.1, 0.15) is 11.5 Å². The van der Waals surface area contributed by atoms with Crippen molar-refractivity contribution >= 4 is 23.2 Å². The number of hydrogen-bond donors (Lipinski definition) is 2. The Morgan fingerprint density at radius 2 is 1.76 bits per heavy atom. The van der Waals surface area contributed by atoms with Crippen molar-refractivity contribution < 1.29 is 19.1 Å². The molecular weight excluding hydrogens is 320 g/mol. The summed E-state index contributed by atoms with van der Waals surface area (Å²) in [7, 11) is 1.59. The second kappa shape index (κ2) is 7.70. The number of carbonyl (C=O) groups excluding carboxylic acids is 2. The van der Waals surface area contributed by atoms with Crippen molar-refractivity contribution in [3.05, 3.63) is 48.5 Å². The van der Waals surface area contributed by atoms with Crippen LogP contribution in [0.25, 0.3) is 0 Å². The van der Waals surface area contributed by atoms with Crippen molar-refractivity contribution in [1.82, 2.24) is 0 Å². The van der Waals surface area contributed by atoms with E-state index in [4.69, 9.17) is 9.47 Å². The number of rotatable bonds is 7. The highest BCUT2D eigenvalue weighted by molar-refractivity contribution is 5.94. The molecule has 1 aliphatic carbocycles. The van der Waals surface area contributed by atoms with Gasteiger partial charge in [-0.15, -0.1) is 0 Å². The number of methoxy groups -OCH3 is 1. The highest BCUT2D eigenvalue weighted by atomic mass is 16.5. The molecule has 0 atom stereocenters. The summed E-state index contributed by atoms with van der Waals surface area (Å²) in [5.74, 6) is 1.16. The molecule has 25 heavy (non-hydrogen) atoms. The minimum Gasteiger partial charge on any atom is -0.497 e. The fourth-order valence-electron chi connectivity index (χ4n) is 2.27. The van der Waals surface area contributed by atoms with E-state index in [1.807, 2.05) is 0 Å². The Balaban J connectivity index is 1.50. The van der Waals surface area contributed by atoms with Crippen LogP contribution in [0.3, 0.4) is 0 Å². The molecule has 0 aromatic heterocycles. The number of hydrogen-bond acceptors (Lipinski definition) is 4. The first-order valence-corrected chi connectivity index (χ1v) is 8.11. The van der Waals surface area contributed by atoms with Gasteiger partial charge in [-0.05, 0) is 49.2 Å². The smallest absolute Gasteiger partial charge is 0.262 e. The summed E-state index contributed by atoms with van der Waals surface area (Å²) in [6.07, 6.45) is 1.90. The van der Waals surface area contributed by atoms with E-state index in [1.165, 1.54) is 0 Å². The van der Waals surface area contributed by atoms with Gasteiger partial charge in [0, 0.05) is 23.4 Å². The van der Waals surface area contributed by atoms with E-state index in [-0.39, 0.29) is 24.3 Å². The van der Waals surface area contributed by atoms with Gasteiger partial charge in [0.2, 0.25) is 5.91 Å². The van der Waals surface area contributed by atoms with Crippen LogP contribution in [0.2, 0.25) is 0 Å². The van der Waals surface area contributed by atoms with Crippen LogP contribution in [0.1, 0.15) is 12.8 Å². The lowest BCUT2D eigenvalue weighted by Crippen LogP contribution is -2.20. The lowest BCUT2D eigenvalue weighted by molar-refractivity contribution is -0.118. The fourth-order valence-corrected chi connectivity index (χ4v) is 2.27. The highest BCUT2D eigenvalue weighted by Gasteiger charge is 2.29. The third-order valence-electron chi connectivity index (χ3n) is 3.79. The van der Waals surface area contributed by atoms with Crippen molar-refractivity contribution in [2.24, 2.45) is 5.92 Å². The van der Waals surface area contributed by atoms with Gasteiger partial charge in [0.25, 0.3) is 5.91 Å². The summed E-state index contributed by atoms with van der Waals surface area (Å²) < 4.78 is 10.6. The summed E-state index contributed by atoms with van der Waals surface area (Å²) in [5, 5.41) is 5.60. The maximum absolute atomic E-state index is 12.0. The lowest BCUT2D eigenvalue weighted by Gasteiger charge is -2.10. The van der Waals surface area contributed by atoms with Crippen LogP contribution in [-0.2, 0) is 9.59 Å². The minimum atomic E-state index is -0.266. The average molecular weight is 340 g/mol. The normalized spacial score (nSPS) is 13.0. The Morgan fingerprint density at radius 3 is 2.44 bits per heavy atom. The molecule has 2 amide bonds. The Labute approximate surface area is 146 Å². The van der Waals surface area contributed by atoms with E-state index in [0.29, 0.717) is 17.1 Å². The van der Waals surface area contributed by atoms with Crippen LogP contribution < -0.4 is 20.1 Å². The molecule has 3 rings (SSSR count). The van der Waals surface area contributed by atoms with Crippen molar-refractivity contribution in [1.29, 1.82) is 0 Å². The van der Waals surface area contributed by atoms with E-state index in [9.17, 15) is 9.59 Å². The third kappa shape index (κ3) is 4.97. The van der Waals surface area contributed by atoms with Gasteiger partial charge in [0.15, 0.2) is 6.61 Å². The van der Waals surface area contributed by atoms with Crippen LogP contribution >= 0.6 is 0 Å². The van der Waals surface area contributed by atoms with E-state index in [2.05, 4.69) is 10.6 Å². The zero-order valence-corrected chi connectivity index (χ0v) is 14.0. The Bertz CT molecular complexity index is 754. The first kappa shape index (κ1) is 16.8. The zero-order valence-electron chi connectivity index (χ0n) is 14.0. The molecule has 0 heterocycles. The van der Waals surface area contributed by atoms with Crippen LogP contribution in [0, 0.1) is 5.92 Å². The molecule has 2 N–H and O–H groups in total. The Kier molecular flexibility index (Phi) is 5.18. The van der Waals surface area contributed by atoms with E-state index in [1.54, 1.807) is 55.6 Å². The predicted molar refractivity (Wildman–Crippen MR) is 94.9 cm³/mol. The molecule has 1 fully saturated rings. The average Bonchev–Trinajstić information content (AvgIpc) is 3.46. The topological polar surface area (TPSA) is 76.7 Å². The second-order valence-corrected chi connectivity index (χ2v) is 5.86. The maximum Gasteiger partial charge on any atom is 0.262 e. The first-order valence-electron chi connectivity index (χ1n) is 8.11. The van der Waals surface area contributed by atoms with Gasteiger partial charge < -0.3 is 20.1 Å².